The zero-order chi connectivity index (χ0) is 14.0. The van der Waals surface area contributed by atoms with Crippen LogP contribution in [0.25, 0.3) is 0 Å². The van der Waals surface area contributed by atoms with Crippen LogP contribution in [0.1, 0.15) is 23.2 Å². The summed E-state index contributed by atoms with van der Waals surface area (Å²) in [7, 11) is 3.85. The normalized spacial score (nSPS) is 19.7. The van der Waals surface area contributed by atoms with Gasteiger partial charge in [0.25, 0.3) is 5.91 Å². The summed E-state index contributed by atoms with van der Waals surface area (Å²) < 4.78 is 13.7. The molecule has 0 N–H and O–H groups in total. The van der Waals surface area contributed by atoms with Gasteiger partial charge in [-0.25, -0.2) is 4.39 Å². The minimum absolute atomic E-state index is 0.147. The third kappa shape index (κ3) is 3.15. The van der Waals surface area contributed by atoms with Gasteiger partial charge in [-0.15, -0.1) is 0 Å². The highest BCUT2D eigenvalue weighted by Crippen LogP contribution is 2.22. The highest BCUT2D eigenvalue weighted by atomic mass is 79.9. The van der Waals surface area contributed by atoms with Crippen LogP contribution in [-0.4, -0.2) is 48.9 Å². The molecule has 1 aliphatic rings. The van der Waals surface area contributed by atoms with Gasteiger partial charge in [-0.1, -0.05) is 6.07 Å². The Bertz CT molecular complexity index is 481. The number of likely N-dealkylation sites (N-methyl/N-ethyl adjacent to an activating group) is 2. The lowest BCUT2D eigenvalue weighted by Gasteiger charge is -2.26. The van der Waals surface area contributed by atoms with Crippen LogP contribution in [0.3, 0.4) is 0 Å². The molecule has 19 heavy (non-hydrogen) atoms. The Morgan fingerprint density at radius 2 is 2.32 bits per heavy atom. The van der Waals surface area contributed by atoms with Crippen LogP contribution in [0.4, 0.5) is 4.39 Å². The third-order valence-electron chi connectivity index (χ3n) is 3.68. The van der Waals surface area contributed by atoms with Gasteiger partial charge in [-0.05, 0) is 54.5 Å². The van der Waals surface area contributed by atoms with Gasteiger partial charge in [0.1, 0.15) is 5.82 Å². The van der Waals surface area contributed by atoms with Crippen molar-refractivity contribution in [1.29, 1.82) is 0 Å². The van der Waals surface area contributed by atoms with Crippen molar-refractivity contribution < 1.29 is 9.18 Å². The molecule has 1 amide bonds. The SMILES string of the molecule is CN(CC1CCCN1C)C(=O)c1cccc(F)c1Br. The molecule has 0 aromatic heterocycles. The summed E-state index contributed by atoms with van der Waals surface area (Å²) in [6, 6.07) is 4.94. The smallest absolute Gasteiger partial charge is 0.254 e. The van der Waals surface area contributed by atoms with E-state index in [9.17, 15) is 9.18 Å². The second kappa shape index (κ2) is 6.01. The molecule has 0 radical (unpaired) electrons. The minimum Gasteiger partial charge on any atom is -0.340 e. The van der Waals surface area contributed by atoms with Gasteiger partial charge in [0, 0.05) is 19.6 Å². The molecule has 1 aromatic rings. The van der Waals surface area contributed by atoms with Crippen LogP contribution < -0.4 is 0 Å². The first-order chi connectivity index (χ1) is 9.00. The summed E-state index contributed by atoms with van der Waals surface area (Å²) >= 11 is 3.14. The van der Waals surface area contributed by atoms with Gasteiger partial charge >= 0.3 is 0 Å². The van der Waals surface area contributed by atoms with E-state index in [4.69, 9.17) is 0 Å². The number of rotatable bonds is 3. The number of amides is 1. The van der Waals surface area contributed by atoms with Crippen molar-refractivity contribution in [3.8, 4) is 0 Å². The summed E-state index contributed by atoms with van der Waals surface area (Å²) in [5, 5.41) is 0. The molecular weight excluding hydrogens is 311 g/mol. The lowest BCUT2D eigenvalue weighted by molar-refractivity contribution is 0.0760. The molecule has 1 aliphatic heterocycles. The molecule has 1 unspecified atom stereocenters. The fraction of sp³-hybridized carbons (Fsp3) is 0.500. The fourth-order valence-corrected chi connectivity index (χ4v) is 2.92. The maximum Gasteiger partial charge on any atom is 0.254 e. The van der Waals surface area contributed by atoms with Crippen LogP contribution >= 0.6 is 15.9 Å². The first-order valence-electron chi connectivity index (χ1n) is 6.40. The summed E-state index contributed by atoms with van der Waals surface area (Å²) in [5.41, 5.74) is 0.378. The van der Waals surface area contributed by atoms with Gasteiger partial charge in [-0.2, -0.15) is 0 Å². The molecule has 1 fully saturated rings. The van der Waals surface area contributed by atoms with E-state index in [1.807, 2.05) is 0 Å². The van der Waals surface area contributed by atoms with Gasteiger partial charge in [0.15, 0.2) is 0 Å². The van der Waals surface area contributed by atoms with Crippen molar-refractivity contribution in [2.45, 2.75) is 18.9 Å². The zero-order valence-corrected chi connectivity index (χ0v) is 12.8. The highest BCUT2D eigenvalue weighted by Gasteiger charge is 2.25. The number of carbonyl (C=O) groups excluding carboxylic acids is 1. The largest absolute Gasteiger partial charge is 0.340 e. The van der Waals surface area contributed by atoms with Crippen LogP contribution in [0.5, 0.6) is 0 Å². The molecule has 1 saturated heterocycles. The molecule has 0 spiro atoms. The van der Waals surface area contributed by atoms with Gasteiger partial charge in [0.05, 0.1) is 10.0 Å². The zero-order valence-electron chi connectivity index (χ0n) is 11.2. The lowest BCUT2D eigenvalue weighted by Crippen LogP contribution is -2.39. The van der Waals surface area contributed by atoms with Gasteiger partial charge in [0.2, 0.25) is 0 Å². The standard InChI is InChI=1S/C14H18BrFN2O/c1-17-8-4-5-10(17)9-18(2)14(19)11-6-3-7-12(16)13(11)15/h3,6-7,10H,4-5,8-9H2,1-2H3. The van der Waals surface area contributed by atoms with Crippen LogP contribution in [0.15, 0.2) is 22.7 Å². The second-order valence-corrected chi connectivity index (χ2v) is 5.86. The molecule has 0 aliphatic carbocycles. The summed E-state index contributed by atoms with van der Waals surface area (Å²) in [5.74, 6) is -0.552. The number of hydrogen-bond acceptors (Lipinski definition) is 2. The summed E-state index contributed by atoms with van der Waals surface area (Å²) in [6.45, 7) is 1.76. The number of nitrogens with zero attached hydrogens (tertiary/aromatic N) is 2. The van der Waals surface area contributed by atoms with E-state index in [2.05, 4.69) is 27.9 Å². The Kier molecular flexibility index (Phi) is 4.58. The first kappa shape index (κ1) is 14.5. The van der Waals surface area contributed by atoms with Crippen LogP contribution in [0.2, 0.25) is 0 Å². The summed E-state index contributed by atoms with van der Waals surface area (Å²) in [6.07, 6.45) is 2.28. The number of benzene rings is 1. The first-order valence-corrected chi connectivity index (χ1v) is 7.19. The quantitative estimate of drug-likeness (QED) is 0.851. The van der Waals surface area contributed by atoms with E-state index in [0.717, 1.165) is 13.0 Å². The molecule has 2 rings (SSSR count). The van der Waals surface area contributed by atoms with Crippen molar-refractivity contribution in [3.05, 3.63) is 34.1 Å². The highest BCUT2D eigenvalue weighted by molar-refractivity contribution is 9.10. The van der Waals surface area contributed by atoms with Crippen molar-refractivity contribution in [2.24, 2.45) is 0 Å². The van der Waals surface area contributed by atoms with Crippen molar-refractivity contribution in [3.63, 3.8) is 0 Å². The Morgan fingerprint density at radius 3 is 2.95 bits per heavy atom. The predicted octanol–water partition coefficient (Wildman–Crippen LogP) is 2.75. The Labute approximate surface area is 121 Å². The van der Waals surface area contributed by atoms with E-state index in [1.165, 1.54) is 12.5 Å². The number of likely N-dealkylation sites (tertiary alicyclic amines) is 1. The molecule has 1 aromatic carbocycles. The maximum absolute atomic E-state index is 13.4. The Hall–Kier alpha value is -0.940. The molecule has 5 heteroatoms. The van der Waals surface area contributed by atoms with E-state index in [-0.39, 0.29) is 10.4 Å². The average Bonchev–Trinajstić information content (AvgIpc) is 2.77. The third-order valence-corrected chi connectivity index (χ3v) is 4.49. The number of carbonyl (C=O) groups is 1. The molecule has 1 heterocycles. The summed E-state index contributed by atoms with van der Waals surface area (Å²) in [4.78, 5) is 16.3. The van der Waals surface area contributed by atoms with E-state index < -0.39 is 5.82 Å². The lowest BCUT2D eigenvalue weighted by atomic mass is 10.1. The van der Waals surface area contributed by atoms with E-state index >= 15 is 0 Å². The number of halogens is 2. The predicted molar refractivity (Wildman–Crippen MR) is 76.7 cm³/mol. The van der Waals surface area contributed by atoms with Crippen molar-refractivity contribution in [1.82, 2.24) is 9.80 Å². The van der Waals surface area contributed by atoms with E-state index in [1.54, 1.807) is 24.1 Å². The maximum atomic E-state index is 13.4. The molecule has 0 bridgehead atoms. The molecule has 3 nitrogen and oxygen atoms in total. The molecular formula is C14H18BrFN2O. The molecule has 104 valence electrons. The Morgan fingerprint density at radius 1 is 1.58 bits per heavy atom. The topological polar surface area (TPSA) is 23.6 Å². The Balaban J connectivity index is 2.08. The minimum atomic E-state index is -0.405. The van der Waals surface area contributed by atoms with Crippen molar-refractivity contribution in [2.75, 3.05) is 27.2 Å². The van der Waals surface area contributed by atoms with E-state index in [0.29, 0.717) is 18.2 Å². The number of hydrogen-bond donors (Lipinski definition) is 0. The monoisotopic (exact) mass is 328 g/mol. The van der Waals surface area contributed by atoms with Crippen molar-refractivity contribution >= 4 is 21.8 Å². The van der Waals surface area contributed by atoms with Crippen LogP contribution in [0, 0.1) is 5.82 Å². The fourth-order valence-electron chi connectivity index (χ4n) is 2.48. The van der Waals surface area contributed by atoms with Gasteiger partial charge in [-0.3, -0.25) is 4.79 Å². The molecule has 1 atom stereocenters. The van der Waals surface area contributed by atoms with Gasteiger partial charge < -0.3 is 9.80 Å². The average molecular weight is 329 g/mol. The molecule has 0 saturated carbocycles. The second-order valence-electron chi connectivity index (χ2n) is 5.06. The van der Waals surface area contributed by atoms with Crippen LogP contribution in [-0.2, 0) is 0 Å².